The summed E-state index contributed by atoms with van der Waals surface area (Å²) in [6.45, 7) is 4.07. The minimum absolute atomic E-state index is 0.0661. The maximum absolute atomic E-state index is 12.7. The lowest BCUT2D eigenvalue weighted by atomic mass is 9.91. The van der Waals surface area contributed by atoms with E-state index in [1.165, 1.54) is 5.56 Å². The lowest BCUT2D eigenvalue weighted by molar-refractivity contribution is -0.159. The largest absolute Gasteiger partial charge is 0.473 e. The number of primary amides is 1. The number of aliphatic carboxylic acids is 2. The Morgan fingerprint density at radius 2 is 1.48 bits per heavy atom. The Balaban J connectivity index is 0.000000501. The van der Waals surface area contributed by atoms with Gasteiger partial charge in [-0.1, -0.05) is 23.7 Å². The number of amides is 2. The molecule has 0 saturated carbocycles. The van der Waals surface area contributed by atoms with Crippen molar-refractivity contribution in [3.63, 3.8) is 0 Å². The van der Waals surface area contributed by atoms with E-state index in [9.17, 15) is 9.59 Å². The summed E-state index contributed by atoms with van der Waals surface area (Å²) in [5, 5.41) is 15.5. The van der Waals surface area contributed by atoms with Gasteiger partial charge in [-0.3, -0.25) is 14.5 Å². The number of nitrogens with two attached hydrogens (primary N) is 1. The van der Waals surface area contributed by atoms with Gasteiger partial charge < -0.3 is 20.8 Å². The molecule has 0 aliphatic carbocycles. The molecule has 1 aromatic carbocycles. The van der Waals surface area contributed by atoms with Crippen LogP contribution >= 0.6 is 11.6 Å². The molecule has 2 aliphatic heterocycles. The summed E-state index contributed by atoms with van der Waals surface area (Å²) < 4.78 is 0. The van der Waals surface area contributed by atoms with Crippen molar-refractivity contribution in [2.24, 2.45) is 17.6 Å². The third kappa shape index (κ3) is 7.84. The number of hydrogen-bond acceptors (Lipinski definition) is 5. The Labute approximate surface area is 185 Å². The minimum atomic E-state index is -1.82. The van der Waals surface area contributed by atoms with Gasteiger partial charge in [-0.05, 0) is 56.5 Å². The van der Waals surface area contributed by atoms with E-state index in [4.69, 9.17) is 37.1 Å². The van der Waals surface area contributed by atoms with Crippen LogP contribution < -0.4 is 5.73 Å². The van der Waals surface area contributed by atoms with Gasteiger partial charge in [0.2, 0.25) is 11.8 Å². The van der Waals surface area contributed by atoms with Crippen LogP contribution in [-0.4, -0.2) is 69.9 Å². The van der Waals surface area contributed by atoms with E-state index in [0.717, 1.165) is 37.5 Å². The third-order valence-corrected chi connectivity index (χ3v) is 5.86. The van der Waals surface area contributed by atoms with Crippen LogP contribution in [0.25, 0.3) is 0 Å². The maximum atomic E-state index is 12.7. The fourth-order valence-electron chi connectivity index (χ4n) is 3.87. The van der Waals surface area contributed by atoms with Crippen molar-refractivity contribution in [3.8, 4) is 0 Å². The van der Waals surface area contributed by atoms with Gasteiger partial charge in [-0.25, -0.2) is 9.59 Å². The van der Waals surface area contributed by atoms with Crippen LogP contribution in [0.2, 0.25) is 5.02 Å². The molecule has 0 bridgehead atoms. The number of likely N-dealkylation sites (tertiary alicyclic amines) is 2. The predicted octanol–water partition coefficient (Wildman–Crippen LogP) is 1.43. The topological polar surface area (TPSA) is 141 Å². The Bertz CT molecular complexity index is 790. The van der Waals surface area contributed by atoms with Gasteiger partial charge in [0, 0.05) is 36.5 Å². The first-order valence-corrected chi connectivity index (χ1v) is 10.6. The van der Waals surface area contributed by atoms with Crippen LogP contribution in [0.3, 0.4) is 0 Å². The van der Waals surface area contributed by atoms with Crippen LogP contribution in [0.15, 0.2) is 24.3 Å². The number of piperidine rings is 2. The lowest BCUT2D eigenvalue weighted by Crippen LogP contribution is -2.46. The molecule has 0 atom stereocenters. The summed E-state index contributed by atoms with van der Waals surface area (Å²) in [6, 6.07) is 7.95. The van der Waals surface area contributed by atoms with E-state index in [0.29, 0.717) is 25.9 Å². The summed E-state index contributed by atoms with van der Waals surface area (Å²) in [5.41, 5.74) is 6.58. The molecule has 10 heteroatoms. The van der Waals surface area contributed by atoms with Gasteiger partial charge in [0.25, 0.3) is 0 Å². The number of carbonyl (C=O) groups is 4. The fraction of sp³-hybridized carbons (Fsp3) is 0.524. The van der Waals surface area contributed by atoms with Gasteiger partial charge in [0.05, 0.1) is 0 Å². The number of carboxylic acids is 2. The van der Waals surface area contributed by atoms with E-state index >= 15 is 0 Å². The van der Waals surface area contributed by atoms with Crippen LogP contribution in [0.4, 0.5) is 0 Å². The van der Waals surface area contributed by atoms with E-state index < -0.39 is 11.9 Å². The Hall–Kier alpha value is -2.65. The first kappa shape index (κ1) is 24.6. The highest BCUT2D eigenvalue weighted by Gasteiger charge is 2.32. The normalized spacial score (nSPS) is 18.0. The molecule has 170 valence electrons. The number of benzene rings is 1. The maximum Gasteiger partial charge on any atom is 0.414 e. The summed E-state index contributed by atoms with van der Waals surface area (Å²) >= 11 is 6.05. The van der Waals surface area contributed by atoms with E-state index in [1.54, 1.807) is 0 Å². The summed E-state index contributed by atoms with van der Waals surface area (Å²) in [5.74, 6) is -3.58. The minimum Gasteiger partial charge on any atom is -0.473 e. The molecular formula is C21H28ClN3O6. The van der Waals surface area contributed by atoms with Crippen molar-refractivity contribution < 1.29 is 29.4 Å². The van der Waals surface area contributed by atoms with Crippen molar-refractivity contribution in [2.75, 3.05) is 26.2 Å². The van der Waals surface area contributed by atoms with Crippen molar-refractivity contribution in [3.05, 3.63) is 34.9 Å². The van der Waals surface area contributed by atoms with Gasteiger partial charge in [0.15, 0.2) is 0 Å². The molecule has 0 spiro atoms. The molecular weight excluding hydrogens is 426 g/mol. The van der Waals surface area contributed by atoms with Gasteiger partial charge in [-0.15, -0.1) is 0 Å². The number of carbonyl (C=O) groups excluding carboxylic acids is 2. The van der Waals surface area contributed by atoms with Crippen molar-refractivity contribution in [1.29, 1.82) is 0 Å². The molecule has 9 nitrogen and oxygen atoms in total. The molecule has 2 fully saturated rings. The highest BCUT2D eigenvalue weighted by atomic mass is 35.5. The summed E-state index contributed by atoms with van der Waals surface area (Å²) in [7, 11) is 0. The molecule has 2 aliphatic rings. The van der Waals surface area contributed by atoms with Crippen molar-refractivity contribution >= 4 is 35.4 Å². The molecule has 4 N–H and O–H groups in total. The average Bonchev–Trinajstić information content (AvgIpc) is 2.74. The zero-order chi connectivity index (χ0) is 23.0. The smallest absolute Gasteiger partial charge is 0.414 e. The summed E-state index contributed by atoms with van der Waals surface area (Å²) in [4.78, 5) is 46.5. The Kier molecular flexibility index (Phi) is 9.26. The monoisotopic (exact) mass is 453 g/mol. The number of rotatable bonds is 4. The number of halogens is 1. The lowest BCUT2D eigenvalue weighted by Gasteiger charge is -2.36. The van der Waals surface area contributed by atoms with Gasteiger partial charge in [-0.2, -0.15) is 0 Å². The van der Waals surface area contributed by atoms with Gasteiger partial charge >= 0.3 is 11.9 Å². The number of carboxylic acid groups (broad SMARTS) is 2. The molecule has 0 radical (unpaired) electrons. The average molecular weight is 454 g/mol. The Morgan fingerprint density at radius 1 is 0.935 bits per heavy atom. The molecule has 2 saturated heterocycles. The highest BCUT2D eigenvalue weighted by Crippen LogP contribution is 2.25. The second kappa shape index (κ2) is 11.7. The molecule has 2 amide bonds. The van der Waals surface area contributed by atoms with Crippen molar-refractivity contribution in [2.45, 2.75) is 32.2 Å². The first-order valence-electron chi connectivity index (χ1n) is 10.2. The summed E-state index contributed by atoms with van der Waals surface area (Å²) in [6.07, 6.45) is 3.20. The van der Waals surface area contributed by atoms with Crippen molar-refractivity contribution in [1.82, 2.24) is 9.80 Å². The third-order valence-electron chi connectivity index (χ3n) is 5.62. The standard InChI is InChI=1S/C19H26ClN3O2.C2H2O4/c20-17-3-1-2-14(12-17)13-22-8-4-16(5-9-22)19(25)23-10-6-15(7-11-23)18(21)24;3-1(4)2(5)6/h1-3,12,15-16H,4-11,13H2,(H2,21,24);(H,3,4)(H,5,6). The quantitative estimate of drug-likeness (QED) is 0.585. The fourth-order valence-corrected chi connectivity index (χ4v) is 4.09. The van der Waals surface area contributed by atoms with E-state index in [2.05, 4.69) is 11.0 Å². The van der Waals surface area contributed by atoms with E-state index in [-0.39, 0.29) is 23.7 Å². The zero-order valence-electron chi connectivity index (χ0n) is 17.2. The molecule has 2 heterocycles. The molecule has 3 rings (SSSR count). The molecule has 1 aromatic rings. The SMILES string of the molecule is NC(=O)C1CCN(C(=O)C2CCN(Cc3cccc(Cl)c3)CC2)CC1.O=C(O)C(=O)O. The predicted molar refractivity (Wildman–Crippen MR) is 113 cm³/mol. The second-order valence-electron chi connectivity index (χ2n) is 7.79. The van der Waals surface area contributed by atoms with Crippen LogP contribution in [0.1, 0.15) is 31.2 Å². The molecule has 0 unspecified atom stereocenters. The van der Waals surface area contributed by atoms with E-state index in [1.807, 2.05) is 23.1 Å². The highest BCUT2D eigenvalue weighted by molar-refractivity contribution is 6.30. The molecule has 0 aromatic heterocycles. The number of nitrogens with zero attached hydrogens (tertiary/aromatic N) is 2. The molecule has 31 heavy (non-hydrogen) atoms. The van der Waals surface area contributed by atoms with Gasteiger partial charge in [0.1, 0.15) is 0 Å². The number of hydrogen-bond donors (Lipinski definition) is 3. The Morgan fingerprint density at radius 3 is 1.97 bits per heavy atom. The second-order valence-corrected chi connectivity index (χ2v) is 8.23. The zero-order valence-corrected chi connectivity index (χ0v) is 18.0. The first-order chi connectivity index (χ1) is 14.7. The van der Waals surface area contributed by atoms with Crippen LogP contribution in [0, 0.1) is 11.8 Å². The van der Waals surface area contributed by atoms with Crippen LogP contribution in [-0.2, 0) is 25.7 Å². The van der Waals surface area contributed by atoms with Crippen LogP contribution in [0.5, 0.6) is 0 Å².